The lowest BCUT2D eigenvalue weighted by Gasteiger charge is -2.06. The van der Waals surface area contributed by atoms with Gasteiger partial charge in [-0.2, -0.15) is 0 Å². The summed E-state index contributed by atoms with van der Waals surface area (Å²) in [6.07, 6.45) is -0.947. The van der Waals surface area contributed by atoms with Crippen molar-refractivity contribution in [1.82, 2.24) is 4.98 Å². The second-order valence-electron chi connectivity index (χ2n) is 3.58. The van der Waals surface area contributed by atoms with Crippen LogP contribution in [0, 0.1) is 6.92 Å². The Morgan fingerprint density at radius 3 is 2.94 bits per heavy atom. The van der Waals surface area contributed by atoms with Gasteiger partial charge in [-0.05, 0) is 18.6 Å². The zero-order valence-electron chi connectivity index (χ0n) is 9.45. The maximum Gasteiger partial charge on any atom is 0.261 e. The highest BCUT2D eigenvalue weighted by Gasteiger charge is 2.11. The van der Waals surface area contributed by atoms with Gasteiger partial charge < -0.3 is 10.5 Å². The Balaban J connectivity index is 2.49. The molecule has 0 fully saturated rings. The summed E-state index contributed by atoms with van der Waals surface area (Å²) in [6, 6.07) is 1.62. The first-order valence-electron chi connectivity index (χ1n) is 5.12. The minimum Gasteiger partial charge on any atom is -0.383 e. The van der Waals surface area contributed by atoms with E-state index in [0.29, 0.717) is 5.56 Å². The van der Waals surface area contributed by atoms with Gasteiger partial charge in [0.1, 0.15) is 12.4 Å². The van der Waals surface area contributed by atoms with Crippen molar-refractivity contribution in [2.45, 2.75) is 19.8 Å². The molecule has 0 saturated carbocycles. The lowest BCUT2D eigenvalue weighted by molar-refractivity contribution is 0.0170. The van der Waals surface area contributed by atoms with Gasteiger partial charge in [0, 0.05) is 12.6 Å². The first kappa shape index (κ1) is 13.5. The highest BCUT2D eigenvalue weighted by Crippen LogP contribution is 2.12. The van der Waals surface area contributed by atoms with E-state index in [9.17, 15) is 13.6 Å². The number of nitrogens with two attached hydrogens (primary N) is 1. The van der Waals surface area contributed by atoms with Crippen LogP contribution in [0.25, 0.3) is 0 Å². The third-order valence-corrected chi connectivity index (χ3v) is 2.07. The van der Waals surface area contributed by atoms with Crippen molar-refractivity contribution in [3.63, 3.8) is 0 Å². The number of carbonyl (C=O) groups excluding carboxylic acids is 1. The standard InChI is InChI=1S/C11H14F2N2O2/c1-7-4-8(11(14)15-5-7)9(16)2-3-17-6-10(12)13/h4-5,10H,2-3,6H2,1H3,(H2,14,15). The number of aryl methyl sites for hydroxylation is 1. The number of Topliss-reactive ketones (excluding diaryl/α,β-unsaturated/α-hetero) is 1. The van der Waals surface area contributed by atoms with Crippen LogP contribution in [-0.4, -0.2) is 30.4 Å². The van der Waals surface area contributed by atoms with Gasteiger partial charge in [-0.1, -0.05) is 0 Å². The van der Waals surface area contributed by atoms with Crippen molar-refractivity contribution in [3.8, 4) is 0 Å². The minimum atomic E-state index is -2.52. The normalized spacial score (nSPS) is 10.8. The Bertz CT molecular complexity index is 397. The number of nitrogens with zero attached hydrogens (tertiary/aromatic N) is 1. The molecule has 1 rings (SSSR count). The fraction of sp³-hybridized carbons (Fsp3) is 0.455. The third-order valence-electron chi connectivity index (χ3n) is 2.07. The highest BCUT2D eigenvalue weighted by molar-refractivity contribution is 6.00. The lowest BCUT2D eigenvalue weighted by Crippen LogP contribution is -2.11. The SMILES string of the molecule is Cc1cnc(N)c(C(=O)CCOCC(F)F)c1. The number of ether oxygens (including phenoxy) is 1. The number of nitrogen functional groups attached to an aromatic ring is 1. The number of hydrogen-bond acceptors (Lipinski definition) is 4. The average Bonchev–Trinajstić information content (AvgIpc) is 2.27. The zero-order chi connectivity index (χ0) is 12.8. The number of ketones is 1. The molecular weight excluding hydrogens is 230 g/mol. The molecule has 4 nitrogen and oxygen atoms in total. The Morgan fingerprint density at radius 2 is 2.29 bits per heavy atom. The van der Waals surface area contributed by atoms with Crippen molar-refractivity contribution in [2.24, 2.45) is 0 Å². The topological polar surface area (TPSA) is 65.2 Å². The van der Waals surface area contributed by atoms with Gasteiger partial charge in [0.2, 0.25) is 0 Å². The predicted molar refractivity (Wildman–Crippen MR) is 59.2 cm³/mol. The van der Waals surface area contributed by atoms with Crippen molar-refractivity contribution < 1.29 is 18.3 Å². The number of aromatic nitrogens is 1. The Labute approximate surface area is 97.8 Å². The summed E-state index contributed by atoms with van der Waals surface area (Å²) in [5, 5.41) is 0. The Hall–Kier alpha value is -1.56. The first-order chi connectivity index (χ1) is 8.00. The highest BCUT2D eigenvalue weighted by atomic mass is 19.3. The summed E-state index contributed by atoms with van der Waals surface area (Å²) in [4.78, 5) is 15.5. The molecule has 0 spiro atoms. The van der Waals surface area contributed by atoms with Crippen LogP contribution in [-0.2, 0) is 4.74 Å². The molecule has 0 saturated heterocycles. The summed E-state index contributed by atoms with van der Waals surface area (Å²) in [5.41, 5.74) is 6.68. The maximum absolute atomic E-state index is 11.8. The van der Waals surface area contributed by atoms with Crippen LogP contribution in [0.15, 0.2) is 12.3 Å². The minimum absolute atomic E-state index is 0.0159. The van der Waals surface area contributed by atoms with Gasteiger partial charge in [0.25, 0.3) is 6.43 Å². The molecule has 0 atom stereocenters. The molecule has 1 heterocycles. The number of carbonyl (C=O) groups is 1. The van der Waals surface area contributed by atoms with Crippen LogP contribution in [0.4, 0.5) is 14.6 Å². The quantitative estimate of drug-likeness (QED) is 0.612. The van der Waals surface area contributed by atoms with E-state index in [1.807, 2.05) is 0 Å². The Kier molecular flexibility index (Phi) is 4.96. The number of anilines is 1. The van der Waals surface area contributed by atoms with Gasteiger partial charge in [0.05, 0.1) is 12.2 Å². The summed E-state index contributed by atoms with van der Waals surface area (Å²) in [7, 11) is 0. The van der Waals surface area contributed by atoms with Crippen LogP contribution in [0.2, 0.25) is 0 Å². The molecule has 0 amide bonds. The second kappa shape index (κ2) is 6.24. The molecule has 0 aliphatic heterocycles. The van der Waals surface area contributed by atoms with E-state index >= 15 is 0 Å². The molecule has 0 unspecified atom stereocenters. The van der Waals surface area contributed by atoms with Gasteiger partial charge in [-0.15, -0.1) is 0 Å². The first-order valence-corrected chi connectivity index (χ1v) is 5.12. The van der Waals surface area contributed by atoms with Crippen LogP contribution in [0.5, 0.6) is 0 Å². The van der Waals surface area contributed by atoms with Gasteiger partial charge in [-0.25, -0.2) is 13.8 Å². The zero-order valence-corrected chi connectivity index (χ0v) is 9.45. The van der Waals surface area contributed by atoms with Crippen LogP contribution < -0.4 is 5.73 Å². The van der Waals surface area contributed by atoms with E-state index in [4.69, 9.17) is 5.73 Å². The van der Waals surface area contributed by atoms with Crippen LogP contribution in [0.1, 0.15) is 22.3 Å². The van der Waals surface area contributed by atoms with Crippen molar-refractivity contribution in [1.29, 1.82) is 0 Å². The van der Waals surface area contributed by atoms with Gasteiger partial charge in [0.15, 0.2) is 5.78 Å². The molecule has 6 heteroatoms. The van der Waals surface area contributed by atoms with E-state index < -0.39 is 13.0 Å². The fourth-order valence-corrected chi connectivity index (χ4v) is 1.28. The Morgan fingerprint density at radius 1 is 1.59 bits per heavy atom. The molecule has 0 aromatic carbocycles. The predicted octanol–water partition coefficient (Wildman–Crippen LogP) is 1.83. The van der Waals surface area contributed by atoms with E-state index in [0.717, 1.165) is 5.56 Å². The maximum atomic E-state index is 11.8. The number of alkyl halides is 2. The molecule has 0 bridgehead atoms. The second-order valence-corrected chi connectivity index (χ2v) is 3.58. The fourth-order valence-electron chi connectivity index (χ4n) is 1.28. The number of pyridine rings is 1. The van der Waals surface area contributed by atoms with Crippen LogP contribution >= 0.6 is 0 Å². The van der Waals surface area contributed by atoms with E-state index in [1.165, 1.54) is 0 Å². The molecule has 1 aromatic rings. The average molecular weight is 244 g/mol. The summed E-state index contributed by atoms with van der Waals surface area (Å²) in [6.45, 7) is 1.09. The molecule has 1 aromatic heterocycles. The van der Waals surface area contributed by atoms with E-state index in [-0.39, 0.29) is 24.6 Å². The lowest BCUT2D eigenvalue weighted by atomic mass is 10.1. The summed E-state index contributed by atoms with van der Waals surface area (Å²) in [5.74, 6) is -0.109. The van der Waals surface area contributed by atoms with E-state index in [2.05, 4.69) is 9.72 Å². The number of hydrogen-bond donors (Lipinski definition) is 1. The molecule has 2 N–H and O–H groups in total. The van der Waals surface area contributed by atoms with Gasteiger partial charge in [-0.3, -0.25) is 4.79 Å². The van der Waals surface area contributed by atoms with Crippen molar-refractivity contribution in [2.75, 3.05) is 18.9 Å². The molecule has 0 radical (unpaired) electrons. The van der Waals surface area contributed by atoms with Gasteiger partial charge >= 0.3 is 0 Å². The molecule has 94 valence electrons. The molecular formula is C11H14F2N2O2. The molecule has 0 aliphatic rings. The summed E-state index contributed by atoms with van der Waals surface area (Å²) >= 11 is 0. The molecule has 0 aliphatic carbocycles. The third kappa shape index (κ3) is 4.44. The number of rotatable bonds is 6. The summed E-state index contributed by atoms with van der Waals surface area (Å²) < 4.78 is 28.1. The smallest absolute Gasteiger partial charge is 0.261 e. The monoisotopic (exact) mass is 244 g/mol. The van der Waals surface area contributed by atoms with E-state index in [1.54, 1.807) is 19.2 Å². The van der Waals surface area contributed by atoms with Crippen LogP contribution in [0.3, 0.4) is 0 Å². The molecule has 17 heavy (non-hydrogen) atoms. The van der Waals surface area contributed by atoms with Crippen molar-refractivity contribution >= 4 is 11.6 Å². The van der Waals surface area contributed by atoms with Crippen molar-refractivity contribution in [3.05, 3.63) is 23.4 Å². The number of halogens is 2. The largest absolute Gasteiger partial charge is 0.383 e.